The van der Waals surface area contributed by atoms with Gasteiger partial charge in [-0.25, -0.2) is 4.39 Å². The van der Waals surface area contributed by atoms with Gasteiger partial charge >= 0.3 is 0 Å². The molecule has 108 valence electrons. The second kappa shape index (κ2) is 7.20. The molecule has 1 atom stereocenters. The fourth-order valence-electron chi connectivity index (χ4n) is 2.41. The van der Waals surface area contributed by atoms with Crippen LogP contribution in [0.3, 0.4) is 0 Å². The maximum atomic E-state index is 13.4. The maximum absolute atomic E-state index is 13.4. The number of aryl methyl sites for hydroxylation is 2. The van der Waals surface area contributed by atoms with Gasteiger partial charge in [0.25, 0.3) is 0 Å². The second-order valence-corrected chi connectivity index (χ2v) is 5.12. The summed E-state index contributed by atoms with van der Waals surface area (Å²) in [6.45, 7) is 3.89. The molecule has 4 heteroatoms. The van der Waals surface area contributed by atoms with Crippen LogP contribution in [0, 0.1) is 5.82 Å². The number of hydrogen-bond acceptors (Lipinski definition) is 2. The van der Waals surface area contributed by atoms with Gasteiger partial charge in [-0.2, -0.15) is 5.10 Å². The third kappa shape index (κ3) is 4.17. The third-order valence-electron chi connectivity index (χ3n) is 3.50. The highest BCUT2D eigenvalue weighted by molar-refractivity contribution is 5.21. The van der Waals surface area contributed by atoms with Crippen LogP contribution in [0.25, 0.3) is 0 Å². The quantitative estimate of drug-likeness (QED) is 0.842. The van der Waals surface area contributed by atoms with Crippen LogP contribution in [0.1, 0.15) is 30.4 Å². The van der Waals surface area contributed by atoms with Crippen LogP contribution in [-0.2, 0) is 13.5 Å². The third-order valence-corrected chi connectivity index (χ3v) is 3.50. The number of nitrogens with zero attached hydrogens (tertiary/aromatic N) is 2. The van der Waals surface area contributed by atoms with Gasteiger partial charge in [0, 0.05) is 19.8 Å². The molecule has 0 bridgehead atoms. The number of likely N-dealkylation sites (N-methyl/N-ethyl adjacent to an activating group) is 1. The smallest absolute Gasteiger partial charge is 0.123 e. The molecule has 2 rings (SSSR count). The Balaban J connectivity index is 2.03. The summed E-state index contributed by atoms with van der Waals surface area (Å²) in [6.07, 6.45) is 5.88. The maximum Gasteiger partial charge on any atom is 0.123 e. The Labute approximate surface area is 119 Å². The van der Waals surface area contributed by atoms with Crippen LogP contribution >= 0.6 is 0 Å². The summed E-state index contributed by atoms with van der Waals surface area (Å²) in [4.78, 5) is 0. The summed E-state index contributed by atoms with van der Waals surface area (Å²) < 4.78 is 15.2. The standard InChI is InChI=1S/C16H22FN3/c1-3-18-11-15(14-5-4-6-16(17)9-14)8-7-13-10-19-20(2)12-13/h4-6,9-10,12,15,18H,3,7-8,11H2,1-2H3. The van der Waals surface area contributed by atoms with Crippen LogP contribution in [0.4, 0.5) is 4.39 Å². The van der Waals surface area contributed by atoms with Crippen molar-refractivity contribution >= 4 is 0 Å². The summed E-state index contributed by atoms with van der Waals surface area (Å²) in [5.74, 6) is 0.163. The molecule has 0 aliphatic rings. The monoisotopic (exact) mass is 275 g/mol. The van der Waals surface area contributed by atoms with Crippen molar-refractivity contribution in [3.63, 3.8) is 0 Å². The van der Waals surface area contributed by atoms with Gasteiger partial charge < -0.3 is 5.32 Å². The van der Waals surface area contributed by atoms with Crippen LogP contribution in [0.15, 0.2) is 36.7 Å². The number of aromatic nitrogens is 2. The zero-order valence-electron chi connectivity index (χ0n) is 12.1. The van der Waals surface area contributed by atoms with Crippen molar-refractivity contribution in [1.82, 2.24) is 15.1 Å². The summed E-state index contributed by atoms with van der Waals surface area (Å²) in [6, 6.07) is 6.93. The Morgan fingerprint density at radius 2 is 2.25 bits per heavy atom. The van der Waals surface area contributed by atoms with Gasteiger partial charge in [-0.3, -0.25) is 4.68 Å². The van der Waals surface area contributed by atoms with Crippen LogP contribution in [-0.4, -0.2) is 22.9 Å². The first-order valence-electron chi connectivity index (χ1n) is 7.12. The van der Waals surface area contributed by atoms with E-state index in [4.69, 9.17) is 0 Å². The lowest BCUT2D eigenvalue weighted by atomic mass is 9.93. The first-order chi connectivity index (χ1) is 9.69. The molecule has 1 unspecified atom stereocenters. The van der Waals surface area contributed by atoms with Crippen molar-refractivity contribution < 1.29 is 4.39 Å². The highest BCUT2D eigenvalue weighted by Crippen LogP contribution is 2.22. The fourth-order valence-corrected chi connectivity index (χ4v) is 2.41. The molecule has 0 saturated carbocycles. The van der Waals surface area contributed by atoms with E-state index in [1.54, 1.807) is 12.1 Å². The van der Waals surface area contributed by atoms with Crippen molar-refractivity contribution in [2.75, 3.05) is 13.1 Å². The van der Waals surface area contributed by atoms with E-state index in [0.717, 1.165) is 31.5 Å². The van der Waals surface area contributed by atoms with E-state index in [2.05, 4.69) is 17.3 Å². The predicted molar refractivity (Wildman–Crippen MR) is 79.2 cm³/mol. The Morgan fingerprint density at radius 3 is 2.90 bits per heavy atom. The van der Waals surface area contributed by atoms with Gasteiger partial charge in [-0.05, 0) is 48.6 Å². The number of nitrogens with one attached hydrogen (secondary N) is 1. The molecule has 3 nitrogen and oxygen atoms in total. The summed E-state index contributed by atoms with van der Waals surface area (Å²) in [7, 11) is 1.92. The van der Waals surface area contributed by atoms with Gasteiger partial charge in [0.05, 0.1) is 6.20 Å². The second-order valence-electron chi connectivity index (χ2n) is 5.12. The number of halogens is 1. The van der Waals surface area contributed by atoms with Gasteiger partial charge in [0.15, 0.2) is 0 Å². The topological polar surface area (TPSA) is 29.9 Å². The molecule has 0 aliphatic carbocycles. The van der Waals surface area contributed by atoms with Crippen molar-refractivity contribution in [3.8, 4) is 0 Å². The SMILES string of the molecule is CCNCC(CCc1cnn(C)c1)c1cccc(F)c1. The predicted octanol–water partition coefficient (Wildman–Crippen LogP) is 2.89. The van der Waals surface area contributed by atoms with E-state index in [-0.39, 0.29) is 5.82 Å². The lowest BCUT2D eigenvalue weighted by Crippen LogP contribution is -2.21. The van der Waals surface area contributed by atoms with E-state index in [9.17, 15) is 4.39 Å². The fraction of sp³-hybridized carbons (Fsp3) is 0.438. The van der Waals surface area contributed by atoms with Crippen molar-refractivity contribution in [1.29, 1.82) is 0 Å². The molecular weight excluding hydrogens is 253 g/mol. The molecule has 0 amide bonds. The number of benzene rings is 1. The zero-order valence-corrected chi connectivity index (χ0v) is 12.1. The van der Waals surface area contributed by atoms with E-state index < -0.39 is 0 Å². The Hall–Kier alpha value is -1.68. The zero-order chi connectivity index (χ0) is 14.4. The average Bonchev–Trinajstić information content (AvgIpc) is 2.85. The van der Waals surface area contributed by atoms with E-state index in [0.29, 0.717) is 5.92 Å². The first-order valence-corrected chi connectivity index (χ1v) is 7.12. The molecule has 20 heavy (non-hydrogen) atoms. The van der Waals surface area contributed by atoms with Crippen molar-refractivity contribution in [2.45, 2.75) is 25.7 Å². The molecule has 2 aromatic rings. The molecule has 0 radical (unpaired) electrons. The van der Waals surface area contributed by atoms with Gasteiger partial charge in [0.1, 0.15) is 5.82 Å². The number of hydrogen-bond donors (Lipinski definition) is 1. The summed E-state index contributed by atoms with van der Waals surface area (Å²) in [5, 5.41) is 7.55. The van der Waals surface area contributed by atoms with Crippen molar-refractivity contribution in [3.05, 3.63) is 53.6 Å². The van der Waals surface area contributed by atoms with Crippen LogP contribution in [0.2, 0.25) is 0 Å². The molecule has 0 saturated heterocycles. The minimum absolute atomic E-state index is 0.162. The van der Waals surface area contributed by atoms with E-state index in [1.807, 2.05) is 30.2 Å². The summed E-state index contributed by atoms with van der Waals surface area (Å²) in [5.41, 5.74) is 2.29. The minimum atomic E-state index is -0.162. The molecule has 0 spiro atoms. The van der Waals surface area contributed by atoms with Gasteiger partial charge in [-0.15, -0.1) is 0 Å². The van der Waals surface area contributed by atoms with E-state index in [1.165, 1.54) is 11.6 Å². The van der Waals surface area contributed by atoms with E-state index >= 15 is 0 Å². The molecule has 1 heterocycles. The Bertz CT molecular complexity index is 536. The van der Waals surface area contributed by atoms with Crippen LogP contribution < -0.4 is 5.32 Å². The molecule has 1 aromatic carbocycles. The van der Waals surface area contributed by atoms with Gasteiger partial charge in [-0.1, -0.05) is 19.1 Å². The first kappa shape index (κ1) is 14.7. The molecular formula is C16H22FN3. The Kier molecular flexibility index (Phi) is 5.30. The Morgan fingerprint density at radius 1 is 1.40 bits per heavy atom. The summed E-state index contributed by atoms with van der Waals surface area (Å²) >= 11 is 0. The van der Waals surface area contributed by atoms with Gasteiger partial charge in [0.2, 0.25) is 0 Å². The highest BCUT2D eigenvalue weighted by Gasteiger charge is 2.12. The molecule has 0 aliphatic heterocycles. The lowest BCUT2D eigenvalue weighted by Gasteiger charge is -2.17. The van der Waals surface area contributed by atoms with Crippen LogP contribution in [0.5, 0.6) is 0 Å². The molecule has 0 fully saturated rings. The van der Waals surface area contributed by atoms with Crippen molar-refractivity contribution in [2.24, 2.45) is 7.05 Å². The highest BCUT2D eigenvalue weighted by atomic mass is 19.1. The molecule has 1 N–H and O–H groups in total. The normalized spacial score (nSPS) is 12.6. The number of rotatable bonds is 7. The molecule has 1 aromatic heterocycles. The average molecular weight is 275 g/mol. The lowest BCUT2D eigenvalue weighted by molar-refractivity contribution is 0.555. The largest absolute Gasteiger partial charge is 0.316 e. The minimum Gasteiger partial charge on any atom is -0.316 e.